The van der Waals surface area contributed by atoms with E-state index in [2.05, 4.69) is 5.32 Å². The molecule has 0 radical (unpaired) electrons. The third kappa shape index (κ3) is 3.66. The summed E-state index contributed by atoms with van der Waals surface area (Å²) >= 11 is 0. The second-order valence-corrected chi connectivity index (χ2v) is 7.18. The van der Waals surface area contributed by atoms with E-state index < -0.39 is 11.5 Å². The fourth-order valence-corrected chi connectivity index (χ4v) is 3.71. The van der Waals surface area contributed by atoms with Gasteiger partial charge in [-0.1, -0.05) is 25.1 Å². The molecule has 2 aromatic carbocycles. The summed E-state index contributed by atoms with van der Waals surface area (Å²) in [6, 6.07) is 12.3. The summed E-state index contributed by atoms with van der Waals surface area (Å²) in [6.45, 7) is 3.07. The van der Waals surface area contributed by atoms with Crippen LogP contribution in [0.2, 0.25) is 0 Å². The lowest BCUT2D eigenvalue weighted by Gasteiger charge is -2.29. The predicted molar refractivity (Wildman–Crippen MR) is 113 cm³/mol. The number of fused-ring (bicyclic) bond motifs is 2. The van der Waals surface area contributed by atoms with E-state index >= 15 is 0 Å². The third-order valence-electron chi connectivity index (χ3n) is 5.32. The van der Waals surface area contributed by atoms with Crippen molar-refractivity contribution in [1.82, 2.24) is 4.90 Å². The molecule has 7 heteroatoms. The van der Waals surface area contributed by atoms with Crippen LogP contribution < -0.4 is 15.7 Å². The quantitative estimate of drug-likeness (QED) is 0.671. The number of carbonyl (C=O) groups is 2. The minimum atomic E-state index is -0.734. The monoisotopic (exact) mass is 406 g/mol. The van der Waals surface area contributed by atoms with Crippen LogP contribution in [-0.2, 0) is 17.8 Å². The number of nitrogens with one attached hydrogen (secondary N) is 1. The molecular weight excluding hydrogens is 384 g/mol. The highest BCUT2D eigenvalue weighted by Crippen LogP contribution is 2.26. The Morgan fingerprint density at radius 2 is 2.00 bits per heavy atom. The molecule has 2 amide bonds. The first kappa shape index (κ1) is 19.7. The van der Waals surface area contributed by atoms with E-state index in [-0.39, 0.29) is 11.5 Å². The van der Waals surface area contributed by atoms with Crippen LogP contribution in [0.15, 0.2) is 51.7 Å². The lowest BCUT2D eigenvalue weighted by atomic mass is 9.98. The van der Waals surface area contributed by atoms with Crippen LogP contribution in [0.4, 0.5) is 5.69 Å². The number of carbonyl (C=O) groups excluding carboxylic acids is 2. The molecule has 3 aromatic rings. The molecule has 0 unspecified atom stereocenters. The Morgan fingerprint density at radius 1 is 1.17 bits per heavy atom. The SMILES string of the molecule is CCC(=O)N1CCc2ccc(NC(=O)c3cc4cccc(OC)c4oc3=O)cc2C1. The van der Waals surface area contributed by atoms with Crippen LogP contribution in [0.25, 0.3) is 11.0 Å². The highest BCUT2D eigenvalue weighted by Gasteiger charge is 2.21. The second kappa shape index (κ2) is 8.02. The van der Waals surface area contributed by atoms with Crippen LogP contribution in [0, 0.1) is 0 Å². The van der Waals surface area contributed by atoms with Crippen LogP contribution >= 0.6 is 0 Å². The molecule has 1 aliphatic rings. The molecule has 0 fully saturated rings. The Labute approximate surface area is 173 Å². The second-order valence-electron chi connectivity index (χ2n) is 7.18. The number of amides is 2. The van der Waals surface area contributed by atoms with Gasteiger partial charge < -0.3 is 19.4 Å². The summed E-state index contributed by atoms with van der Waals surface area (Å²) in [5.41, 5.74) is 2.20. The van der Waals surface area contributed by atoms with E-state index in [1.54, 1.807) is 24.3 Å². The van der Waals surface area contributed by atoms with Crippen molar-refractivity contribution in [2.24, 2.45) is 0 Å². The Kier molecular flexibility index (Phi) is 5.27. The van der Waals surface area contributed by atoms with Crippen LogP contribution in [-0.4, -0.2) is 30.4 Å². The number of nitrogens with zero attached hydrogens (tertiary/aromatic N) is 1. The molecule has 0 spiro atoms. The number of para-hydroxylation sites is 1. The largest absolute Gasteiger partial charge is 0.493 e. The Hall–Kier alpha value is -3.61. The van der Waals surface area contributed by atoms with Gasteiger partial charge in [-0.05, 0) is 41.8 Å². The Bertz CT molecular complexity index is 1200. The highest BCUT2D eigenvalue weighted by molar-refractivity contribution is 6.05. The summed E-state index contributed by atoms with van der Waals surface area (Å²) in [5, 5.41) is 3.36. The fraction of sp³-hybridized carbons (Fsp3) is 0.261. The van der Waals surface area contributed by atoms with Gasteiger partial charge in [0, 0.05) is 30.6 Å². The number of hydrogen-bond donors (Lipinski definition) is 1. The van der Waals surface area contributed by atoms with Gasteiger partial charge in [0.1, 0.15) is 5.56 Å². The molecule has 154 valence electrons. The first-order valence-electron chi connectivity index (χ1n) is 9.82. The molecule has 0 saturated carbocycles. The van der Waals surface area contributed by atoms with E-state index in [4.69, 9.17) is 9.15 Å². The van der Waals surface area contributed by atoms with Gasteiger partial charge in [0.2, 0.25) is 5.91 Å². The van der Waals surface area contributed by atoms with Gasteiger partial charge in [-0.25, -0.2) is 4.79 Å². The van der Waals surface area contributed by atoms with Gasteiger partial charge in [0.25, 0.3) is 5.91 Å². The zero-order chi connectivity index (χ0) is 21.3. The van der Waals surface area contributed by atoms with Gasteiger partial charge in [0.05, 0.1) is 7.11 Å². The topological polar surface area (TPSA) is 88.8 Å². The first-order valence-corrected chi connectivity index (χ1v) is 9.82. The highest BCUT2D eigenvalue weighted by atomic mass is 16.5. The van der Waals surface area contributed by atoms with Crippen LogP contribution in [0.1, 0.15) is 34.8 Å². The molecule has 2 heterocycles. The molecule has 4 rings (SSSR count). The molecule has 0 bridgehead atoms. The van der Waals surface area contributed by atoms with Crippen molar-refractivity contribution in [1.29, 1.82) is 0 Å². The molecule has 1 aliphatic heterocycles. The zero-order valence-corrected chi connectivity index (χ0v) is 16.9. The number of hydrogen-bond acceptors (Lipinski definition) is 5. The van der Waals surface area contributed by atoms with Gasteiger partial charge >= 0.3 is 5.63 Å². The van der Waals surface area contributed by atoms with Crippen LogP contribution in [0.3, 0.4) is 0 Å². The smallest absolute Gasteiger partial charge is 0.349 e. The molecule has 0 saturated heterocycles. The van der Waals surface area contributed by atoms with Gasteiger partial charge in [-0.15, -0.1) is 0 Å². The predicted octanol–water partition coefficient (Wildman–Crippen LogP) is 3.35. The summed E-state index contributed by atoms with van der Waals surface area (Å²) in [5.74, 6) is -0.0116. The van der Waals surface area contributed by atoms with Gasteiger partial charge in [0.15, 0.2) is 11.3 Å². The zero-order valence-electron chi connectivity index (χ0n) is 16.9. The van der Waals surface area contributed by atoms with Crippen molar-refractivity contribution in [3.05, 3.63) is 69.6 Å². The Morgan fingerprint density at radius 3 is 2.77 bits per heavy atom. The van der Waals surface area contributed by atoms with E-state index in [0.29, 0.717) is 41.9 Å². The average Bonchev–Trinajstić information content (AvgIpc) is 2.77. The minimum Gasteiger partial charge on any atom is -0.493 e. The standard InChI is InChI=1S/C23H22N2O5/c1-3-20(26)25-10-9-14-7-8-17(11-16(14)13-25)24-22(27)18-12-15-5-4-6-19(29-2)21(15)30-23(18)28/h4-8,11-12H,3,9-10,13H2,1-2H3,(H,24,27). The van der Waals surface area contributed by atoms with E-state index in [1.165, 1.54) is 13.2 Å². The molecule has 1 N–H and O–H groups in total. The van der Waals surface area contributed by atoms with E-state index in [9.17, 15) is 14.4 Å². The van der Waals surface area contributed by atoms with Crippen molar-refractivity contribution in [2.75, 3.05) is 19.0 Å². The van der Waals surface area contributed by atoms with Crippen LogP contribution in [0.5, 0.6) is 5.75 Å². The van der Waals surface area contributed by atoms with Gasteiger partial charge in [-0.3, -0.25) is 9.59 Å². The van der Waals surface area contributed by atoms with E-state index in [0.717, 1.165) is 17.5 Å². The molecule has 0 atom stereocenters. The fourth-order valence-electron chi connectivity index (χ4n) is 3.71. The van der Waals surface area contributed by atoms with Crippen molar-refractivity contribution < 1.29 is 18.7 Å². The third-order valence-corrected chi connectivity index (χ3v) is 5.32. The number of ether oxygens (including phenoxy) is 1. The number of anilines is 1. The molecule has 30 heavy (non-hydrogen) atoms. The van der Waals surface area contributed by atoms with E-state index in [1.807, 2.05) is 24.0 Å². The summed E-state index contributed by atoms with van der Waals surface area (Å²) in [6.07, 6.45) is 1.25. The maximum atomic E-state index is 12.8. The Balaban J connectivity index is 1.60. The van der Waals surface area contributed by atoms with Crippen molar-refractivity contribution in [3.8, 4) is 5.75 Å². The van der Waals surface area contributed by atoms with Crippen molar-refractivity contribution in [2.45, 2.75) is 26.3 Å². The maximum absolute atomic E-state index is 12.8. The number of methoxy groups -OCH3 is 1. The average molecular weight is 406 g/mol. The molecule has 7 nitrogen and oxygen atoms in total. The van der Waals surface area contributed by atoms with Crippen molar-refractivity contribution in [3.63, 3.8) is 0 Å². The molecular formula is C23H22N2O5. The summed E-state index contributed by atoms with van der Waals surface area (Å²) < 4.78 is 10.5. The summed E-state index contributed by atoms with van der Waals surface area (Å²) in [7, 11) is 1.49. The minimum absolute atomic E-state index is 0.0868. The lowest BCUT2D eigenvalue weighted by Crippen LogP contribution is -2.35. The molecule has 0 aliphatic carbocycles. The normalized spacial score (nSPS) is 13.1. The summed E-state index contributed by atoms with van der Waals surface area (Å²) in [4.78, 5) is 39.0. The molecule has 1 aromatic heterocycles. The first-order chi connectivity index (χ1) is 14.5. The lowest BCUT2D eigenvalue weighted by molar-refractivity contribution is -0.131. The van der Waals surface area contributed by atoms with Gasteiger partial charge in [-0.2, -0.15) is 0 Å². The number of rotatable bonds is 4. The van der Waals surface area contributed by atoms with Crippen molar-refractivity contribution >= 4 is 28.5 Å². The number of benzene rings is 2. The maximum Gasteiger partial charge on any atom is 0.349 e.